The van der Waals surface area contributed by atoms with Gasteiger partial charge in [-0.15, -0.1) is 0 Å². The van der Waals surface area contributed by atoms with Crippen molar-refractivity contribution in [3.05, 3.63) is 64.2 Å². The van der Waals surface area contributed by atoms with Crippen LogP contribution in [0.1, 0.15) is 23.2 Å². The van der Waals surface area contributed by atoms with Crippen LogP contribution in [0.4, 0.5) is 5.69 Å². The van der Waals surface area contributed by atoms with Crippen LogP contribution in [0.25, 0.3) is 0 Å². The van der Waals surface area contributed by atoms with Gasteiger partial charge in [0, 0.05) is 31.4 Å². The minimum Gasteiger partial charge on any atom is -0.457 e. The monoisotopic (exact) mass is 342 g/mol. The standard InChI is InChI=1S/C18H18N2O5/c21-18(19-13-8-10-24-11-9-13)16-12-14(20(22)23)6-7-17(16)25-15-4-2-1-3-5-15/h1-7,12-13H,8-11H2,(H,19,21). The van der Waals surface area contributed by atoms with Crippen molar-refractivity contribution in [1.29, 1.82) is 0 Å². The topological polar surface area (TPSA) is 90.7 Å². The molecule has 1 amide bonds. The lowest BCUT2D eigenvalue weighted by Gasteiger charge is -2.23. The van der Waals surface area contributed by atoms with E-state index in [1.165, 1.54) is 18.2 Å². The van der Waals surface area contributed by atoms with Crippen molar-refractivity contribution in [2.24, 2.45) is 0 Å². The molecule has 1 aliphatic heterocycles. The maximum atomic E-state index is 12.6. The van der Waals surface area contributed by atoms with Gasteiger partial charge in [-0.2, -0.15) is 0 Å². The number of para-hydroxylation sites is 1. The molecule has 2 aromatic rings. The molecule has 0 saturated carbocycles. The van der Waals surface area contributed by atoms with Crippen molar-refractivity contribution in [1.82, 2.24) is 5.32 Å². The van der Waals surface area contributed by atoms with Gasteiger partial charge < -0.3 is 14.8 Å². The molecule has 0 atom stereocenters. The molecule has 0 spiro atoms. The smallest absolute Gasteiger partial charge is 0.270 e. The fraction of sp³-hybridized carbons (Fsp3) is 0.278. The second-order valence-electron chi connectivity index (χ2n) is 5.71. The molecule has 1 N–H and O–H groups in total. The fourth-order valence-corrected chi connectivity index (χ4v) is 2.62. The van der Waals surface area contributed by atoms with Crippen molar-refractivity contribution in [3.8, 4) is 11.5 Å². The van der Waals surface area contributed by atoms with E-state index in [0.717, 1.165) is 12.8 Å². The number of rotatable bonds is 5. The first-order valence-corrected chi connectivity index (χ1v) is 8.03. The summed E-state index contributed by atoms with van der Waals surface area (Å²) in [6.45, 7) is 1.18. The third-order valence-electron chi connectivity index (χ3n) is 3.95. The van der Waals surface area contributed by atoms with E-state index >= 15 is 0 Å². The second-order valence-corrected chi connectivity index (χ2v) is 5.71. The maximum absolute atomic E-state index is 12.6. The maximum Gasteiger partial charge on any atom is 0.270 e. The van der Waals surface area contributed by atoms with Gasteiger partial charge in [-0.1, -0.05) is 18.2 Å². The largest absolute Gasteiger partial charge is 0.457 e. The molecule has 1 aliphatic rings. The Bertz CT molecular complexity index is 757. The van der Waals surface area contributed by atoms with Crippen LogP contribution in [0.5, 0.6) is 11.5 Å². The summed E-state index contributed by atoms with van der Waals surface area (Å²) in [4.78, 5) is 23.2. The van der Waals surface area contributed by atoms with Gasteiger partial charge in [-0.25, -0.2) is 0 Å². The molecule has 1 heterocycles. The predicted molar refractivity (Wildman–Crippen MR) is 90.9 cm³/mol. The van der Waals surface area contributed by atoms with Crippen molar-refractivity contribution in [2.75, 3.05) is 13.2 Å². The summed E-state index contributed by atoms with van der Waals surface area (Å²) >= 11 is 0. The van der Waals surface area contributed by atoms with E-state index in [1.807, 2.05) is 18.2 Å². The van der Waals surface area contributed by atoms with Gasteiger partial charge in [-0.05, 0) is 31.0 Å². The van der Waals surface area contributed by atoms with Crippen LogP contribution < -0.4 is 10.1 Å². The van der Waals surface area contributed by atoms with Crippen molar-refractivity contribution >= 4 is 11.6 Å². The highest BCUT2D eigenvalue weighted by molar-refractivity contribution is 5.97. The van der Waals surface area contributed by atoms with Crippen LogP contribution >= 0.6 is 0 Å². The van der Waals surface area contributed by atoms with Gasteiger partial charge in [0.05, 0.1) is 10.5 Å². The molecule has 7 heteroatoms. The minimum atomic E-state index is -0.530. The third kappa shape index (κ3) is 4.33. The number of carbonyl (C=O) groups is 1. The predicted octanol–water partition coefficient (Wildman–Crippen LogP) is 3.30. The van der Waals surface area contributed by atoms with Gasteiger partial charge in [-0.3, -0.25) is 14.9 Å². The quantitative estimate of drug-likeness (QED) is 0.665. The molecule has 2 aromatic carbocycles. The molecule has 0 aromatic heterocycles. The first-order valence-electron chi connectivity index (χ1n) is 8.03. The highest BCUT2D eigenvalue weighted by Gasteiger charge is 2.22. The molecule has 0 unspecified atom stereocenters. The van der Waals surface area contributed by atoms with E-state index in [9.17, 15) is 14.9 Å². The average Bonchev–Trinajstić information content (AvgIpc) is 2.63. The zero-order valence-corrected chi connectivity index (χ0v) is 13.5. The van der Waals surface area contributed by atoms with Crippen LogP contribution in [-0.4, -0.2) is 30.1 Å². The molecule has 7 nitrogen and oxygen atoms in total. The summed E-state index contributed by atoms with van der Waals surface area (Å²) in [6, 6.07) is 13.0. The van der Waals surface area contributed by atoms with Crippen LogP contribution in [-0.2, 0) is 4.74 Å². The SMILES string of the molecule is O=C(NC1CCOCC1)c1cc([N+](=O)[O-])ccc1Oc1ccccc1. The summed E-state index contributed by atoms with van der Waals surface area (Å²) in [6.07, 6.45) is 1.44. The Balaban J connectivity index is 1.86. The molecule has 1 saturated heterocycles. The number of nitrogens with zero attached hydrogens (tertiary/aromatic N) is 1. The Hall–Kier alpha value is -2.93. The molecular formula is C18H18N2O5. The Kier molecular flexibility index (Phi) is 5.25. The summed E-state index contributed by atoms with van der Waals surface area (Å²) in [5, 5.41) is 14.0. The Morgan fingerprint density at radius 1 is 1.16 bits per heavy atom. The normalized spacial score (nSPS) is 14.7. The lowest BCUT2D eigenvalue weighted by atomic mass is 10.1. The molecule has 0 bridgehead atoms. The number of benzene rings is 2. The van der Waals surface area contributed by atoms with E-state index in [4.69, 9.17) is 9.47 Å². The van der Waals surface area contributed by atoms with Gasteiger partial charge in [0.1, 0.15) is 11.5 Å². The van der Waals surface area contributed by atoms with Crippen molar-refractivity contribution < 1.29 is 19.2 Å². The van der Waals surface area contributed by atoms with Crippen molar-refractivity contribution in [3.63, 3.8) is 0 Å². The zero-order valence-electron chi connectivity index (χ0n) is 13.5. The molecule has 3 rings (SSSR count). The lowest BCUT2D eigenvalue weighted by molar-refractivity contribution is -0.384. The van der Waals surface area contributed by atoms with Crippen LogP contribution in [0, 0.1) is 10.1 Å². The lowest BCUT2D eigenvalue weighted by Crippen LogP contribution is -2.39. The van der Waals surface area contributed by atoms with Gasteiger partial charge in [0.15, 0.2) is 0 Å². The number of non-ortho nitro benzene ring substituents is 1. The molecule has 0 aliphatic carbocycles. The molecule has 130 valence electrons. The summed E-state index contributed by atoms with van der Waals surface area (Å²) < 4.78 is 11.0. The fourth-order valence-electron chi connectivity index (χ4n) is 2.62. The number of carbonyl (C=O) groups excluding carboxylic acids is 1. The molecule has 1 fully saturated rings. The minimum absolute atomic E-state index is 0.00918. The zero-order chi connectivity index (χ0) is 17.6. The highest BCUT2D eigenvalue weighted by Crippen LogP contribution is 2.29. The van der Waals surface area contributed by atoms with E-state index in [2.05, 4.69) is 5.32 Å². The first-order chi connectivity index (χ1) is 12.1. The summed E-state index contributed by atoms with van der Waals surface area (Å²) in [5.74, 6) is 0.444. The van der Waals surface area contributed by atoms with Gasteiger partial charge in [0.2, 0.25) is 0 Å². The van der Waals surface area contributed by atoms with Crippen molar-refractivity contribution in [2.45, 2.75) is 18.9 Å². The number of nitro groups is 1. The number of hydrogen-bond acceptors (Lipinski definition) is 5. The number of ether oxygens (including phenoxy) is 2. The highest BCUT2D eigenvalue weighted by atomic mass is 16.6. The van der Waals surface area contributed by atoms with Crippen LogP contribution in [0.15, 0.2) is 48.5 Å². The van der Waals surface area contributed by atoms with Crippen LogP contribution in [0.3, 0.4) is 0 Å². The van der Waals surface area contributed by atoms with Crippen LogP contribution in [0.2, 0.25) is 0 Å². The third-order valence-corrected chi connectivity index (χ3v) is 3.95. The Morgan fingerprint density at radius 2 is 1.88 bits per heavy atom. The number of amides is 1. The Morgan fingerprint density at radius 3 is 2.56 bits per heavy atom. The number of hydrogen-bond donors (Lipinski definition) is 1. The van der Waals surface area contributed by atoms with Gasteiger partial charge >= 0.3 is 0 Å². The van der Waals surface area contributed by atoms with E-state index in [1.54, 1.807) is 12.1 Å². The summed E-state index contributed by atoms with van der Waals surface area (Å²) in [7, 11) is 0. The Labute approximate surface area is 144 Å². The molecule has 25 heavy (non-hydrogen) atoms. The average molecular weight is 342 g/mol. The van der Waals surface area contributed by atoms with E-state index in [-0.39, 0.29) is 28.9 Å². The molecular weight excluding hydrogens is 324 g/mol. The summed E-state index contributed by atoms with van der Waals surface area (Å²) in [5.41, 5.74) is -0.0120. The van der Waals surface area contributed by atoms with E-state index < -0.39 is 4.92 Å². The van der Waals surface area contributed by atoms with E-state index in [0.29, 0.717) is 19.0 Å². The number of nitrogens with one attached hydrogen (secondary N) is 1. The molecule has 0 radical (unpaired) electrons. The second kappa shape index (κ2) is 7.76. The number of nitro benzene ring substituents is 1. The first kappa shape index (κ1) is 16.9. The van der Waals surface area contributed by atoms with Gasteiger partial charge in [0.25, 0.3) is 11.6 Å².